The summed E-state index contributed by atoms with van der Waals surface area (Å²) in [5.74, 6) is -3.15. The van der Waals surface area contributed by atoms with Crippen molar-refractivity contribution in [3.63, 3.8) is 0 Å². The van der Waals surface area contributed by atoms with Crippen LogP contribution in [-0.4, -0.2) is 32.5 Å². The molecule has 0 aromatic heterocycles. The van der Waals surface area contributed by atoms with Crippen LogP contribution in [0, 0.1) is 12.7 Å². The monoisotopic (exact) mass is 602 g/mol. The van der Waals surface area contributed by atoms with E-state index in [1.165, 1.54) is 24.3 Å². The first-order valence-corrected chi connectivity index (χ1v) is 13.6. The highest BCUT2D eigenvalue weighted by atomic mass is 35.5. The number of aryl methyl sites for hydroxylation is 1. The van der Waals surface area contributed by atoms with Crippen molar-refractivity contribution in [2.24, 2.45) is 5.14 Å². The van der Waals surface area contributed by atoms with Crippen molar-refractivity contribution >= 4 is 33.3 Å². The smallest absolute Gasteiger partial charge is 0.416 e. The van der Waals surface area contributed by atoms with Gasteiger partial charge in [-0.15, -0.1) is 0 Å². The molecule has 0 atom stereocenters. The standard InChI is InChI=1S/C26H23ClF4N2O6S/c1-14-10-19(38-8-3-9-40(32,36)37)4-5-20(14)23-21(27)6-7-22(39-33-15(2)34)24(23)25(35)16-11-17(26(29,30)31)13-18(28)12-16/h4-7,10-13H,3,8-9H2,1-2H3,(H,33,34)(H2,32,36,37). The number of benzene rings is 3. The molecule has 0 aliphatic heterocycles. The minimum atomic E-state index is -4.93. The third-order valence-corrected chi connectivity index (χ3v) is 6.62. The molecule has 0 saturated heterocycles. The molecular formula is C26H23ClF4N2O6S. The van der Waals surface area contributed by atoms with Gasteiger partial charge in [-0.05, 0) is 66.9 Å². The van der Waals surface area contributed by atoms with Crippen molar-refractivity contribution in [1.82, 2.24) is 5.48 Å². The third kappa shape index (κ3) is 7.93. The number of halogens is 5. The predicted octanol–water partition coefficient (Wildman–Crippen LogP) is 5.19. The van der Waals surface area contributed by atoms with Gasteiger partial charge in [-0.3, -0.25) is 9.59 Å². The number of nitrogens with two attached hydrogens (primary N) is 1. The number of ketones is 1. The summed E-state index contributed by atoms with van der Waals surface area (Å²) in [6.07, 6.45) is -4.79. The van der Waals surface area contributed by atoms with Crippen molar-refractivity contribution in [2.45, 2.75) is 26.4 Å². The number of rotatable bonds is 10. The van der Waals surface area contributed by atoms with Crippen LogP contribution in [0.3, 0.4) is 0 Å². The fourth-order valence-electron chi connectivity index (χ4n) is 3.74. The molecule has 8 nitrogen and oxygen atoms in total. The third-order valence-electron chi connectivity index (χ3n) is 5.44. The van der Waals surface area contributed by atoms with E-state index in [4.69, 9.17) is 26.3 Å². The number of hydrogen-bond acceptors (Lipinski definition) is 6. The van der Waals surface area contributed by atoms with Crippen molar-refractivity contribution < 1.29 is 45.1 Å². The summed E-state index contributed by atoms with van der Waals surface area (Å²) in [7, 11) is -3.65. The quantitative estimate of drug-likeness (QED) is 0.142. The summed E-state index contributed by atoms with van der Waals surface area (Å²) < 4.78 is 82.0. The molecule has 0 aliphatic rings. The van der Waals surface area contributed by atoms with Gasteiger partial charge in [0.05, 0.1) is 23.5 Å². The molecule has 3 N–H and O–H groups in total. The van der Waals surface area contributed by atoms with Crippen LogP contribution in [0.5, 0.6) is 11.5 Å². The van der Waals surface area contributed by atoms with E-state index in [9.17, 15) is 35.6 Å². The van der Waals surface area contributed by atoms with E-state index >= 15 is 0 Å². The van der Waals surface area contributed by atoms with Gasteiger partial charge in [0.2, 0.25) is 15.9 Å². The van der Waals surface area contributed by atoms with Crippen molar-refractivity contribution in [2.75, 3.05) is 12.4 Å². The Morgan fingerprint density at radius 2 is 1.77 bits per heavy atom. The molecule has 214 valence electrons. The number of nitrogens with one attached hydrogen (secondary N) is 1. The van der Waals surface area contributed by atoms with Crippen LogP contribution in [0.25, 0.3) is 11.1 Å². The lowest BCUT2D eigenvalue weighted by Gasteiger charge is -2.18. The van der Waals surface area contributed by atoms with Gasteiger partial charge < -0.3 is 9.57 Å². The van der Waals surface area contributed by atoms with Gasteiger partial charge in [0.15, 0.2) is 11.5 Å². The first kappa shape index (κ1) is 30.9. The van der Waals surface area contributed by atoms with Crippen molar-refractivity contribution in [1.29, 1.82) is 0 Å². The van der Waals surface area contributed by atoms with Crippen molar-refractivity contribution in [3.05, 3.63) is 81.6 Å². The maximum absolute atomic E-state index is 14.2. The van der Waals surface area contributed by atoms with Gasteiger partial charge in [0, 0.05) is 23.1 Å². The van der Waals surface area contributed by atoms with E-state index in [-0.39, 0.29) is 46.7 Å². The van der Waals surface area contributed by atoms with Crippen LogP contribution in [-0.2, 0) is 21.0 Å². The summed E-state index contributed by atoms with van der Waals surface area (Å²) in [6, 6.07) is 8.61. The normalized spacial score (nSPS) is 11.7. The molecule has 14 heteroatoms. The zero-order chi connectivity index (χ0) is 29.8. The zero-order valence-electron chi connectivity index (χ0n) is 21.1. The van der Waals surface area contributed by atoms with Gasteiger partial charge in [0.1, 0.15) is 11.6 Å². The number of alkyl halides is 3. The molecule has 0 heterocycles. The fourth-order valence-corrected chi connectivity index (χ4v) is 4.52. The summed E-state index contributed by atoms with van der Waals surface area (Å²) in [5, 5.41) is 4.98. The lowest BCUT2D eigenvalue weighted by Crippen LogP contribution is -2.25. The minimum absolute atomic E-state index is 0.0101. The Morgan fingerprint density at radius 1 is 1.07 bits per heavy atom. The molecule has 0 unspecified atom stereocenters. The summed E-state index contributed by atoms with van der Waals surface area (Å²) >= 11 is 6.47. The van der Waals surface area contributed by atoms with Gasteiger partial charge in [-0.1, -0.05) is 17.7 Å². The number of carbonyl (C=O) groups excluding carboxylic acids is 2. The molecule has 40 heavy (non-hydrogen) atoms. The van der Waals surface area contributed by atoms with Crippen LogP contribution >= 0.6 is 11.6 Å². The summed E-state index contributed by atoms with van der Waals surface area (Å²) in [5.41, 5.74) is 0.634. The predicted molar refractivity (Wildman–Crippen MR) is 139 cm³/mol. The van der Waals surface area contributed by atoms with Crippen LogP contribution in [0.4, 0.5) is 17.6 Å². The Hall–Kier alpha value is -3.68. The van der Waals surface area contributed by atoms with Crippen LogP contribution in [0.2, 0.25) is 5.02 Å². The lowest BCUT2D eigenvalue weighted by molar-refractivity contribution is -0.137. The molecule has 3 rings (SSSR count). The van der Waals surface area contributed by atoms with Gasteiger partial charge in [0.25, 0.3) is 0 Å². The average Bonchev–Trinajstić information content (AvgIpc) is 2.84. The Morgan fingerprint density at radius 3 is 2.38 bits per heavy atom. The number of sulfonamides is 1. The maximum Gasteiger partial charge on any atom is 0.416 e. The Kier molecular flexibility index (Phi) is 9.44. The highest BCUT2D eigenvalue weighted by molar-refractivity contribution is 7.89. The van der Waals surface area contributed by atoms with Crippen molar-refractivity contribution in [3.8, 4) is 22.6 Å². The number of ether oxygens (including phenoxy) is 1. The second kappa shape index (κ2) is 12.2. The molecule has 0 radical (unpaired) electrons. The second-order valence-electron chi connectivity index (χ2n) is 8.66. The van der Waals surface area contributed by atoms with E-state index in [2.05, 4.69) is 5.48 Å². The minimum Gasteiger partial charge on any atom is -0.494 e. The number of primary sulfonamides is 1. The van der Waals surface area contributed by atoms with Crippen LogP contribution in [0.15, 0.2) is 48.5 Å². The van der Waals surface area contributed by atoms with Crippen LogP contribution in [0.1, 0.15) is 40.4 Å². The van der Waals surface area contributed by atoms with E-state index in [1.807, 2.05) is 0 Å². The van der Waals surface area contributed by atoms with E-state index in [0.29, 0.717) is 29.0 Å². The lowest BCUT2D eigenvalue weighted by atomic mass is 9.90. The zero-order valence-corrected chi connectivity index (χ0v) is 22.6. The molecule has 1 amide bonds. The van der Waals surface area contributed by atoms with Gasteiger partial charge in [-0.2, -0.15) is 18.7 Å². The summed E-state index contributed by atoms with van der Waals surface area (Å²) in [4.78, 5) is 30.4. The van der Waals surface area contributed by atoms with Gasteiger partial charge in [-0.25, -0.2) is 17.9 Å². The SMILES string of the molecule is CC(=O)NOc1ccc(Cl)c(-c2ccc(OCCCS(N)(=O)=O)cc2C)c1C(=O)c1cc(F)cc(C(F)(F)F)c1. The van der Waals surface area contributed by atoms with E-state index in [0.717, 1.165) is 6.92 Å². The van der Waals surface area contributed by atoms with Gasteiger partial charge >= 0.3 is 6.18 Å². The molecule has 0 bridgehead atoms. The molecule has 3 aromatic rings. The first-order chi connectivity index (χ1) is 18.6. The van der Waals surface area contributed by atoms with E-state index in [1.54, 1.807) is 13.0 Å². The molecule has 0 aliphatic carbocycles. The highest BCUT2D eigenvalue weighted by Crippen LogP contribution is 2.41. The Bertz CT molecular complexity index is 1560. The second-order valence-corrected chi connectivity index (χ2v) is 10.8. The average molecular weight is 603 g/mol. The fraction of sp³-hybridized carbons (Fsp3) is 0.231. The number of hydroxylamine groups is 1. The molecule has 3 aromatic carbocycles. The summed E-state index contributed by atoms with van der Waals surface area (Å²) in [6.45, 7) is 2.82. The van der Waals surface area contributed by atoms with E-state index < -0.39 is 44.8 Å². The molecule has 0 spiro atoms. The maximum atomic E-state index is 14.2. The highest BCUT2D eigenvalue weighted by Gasteiger charge is 2.33. The number of amides is 1. The molecule has 0 fully saturated rings. The Labute approximate surface area is 232 Å². The number of hydrogen-bond donors (Lipinski definition) is 2. The topological polar surface area (TPSA) is 125 Å². The molecular weight excluding hydrogens is 580 g/mol. The Balaban J connectivity index is 2.12. The number of carbonyl (C=O) groups is 2. The first-order valence-electron chi connectivity index (χ1n) is 11.5. The van der Waals surface area contributed by atoms with Crippen LogP contribution < -0.4 is 20.2 Å². The molecule has 0 saturated carbocycles. The largest absolute Gasteiger partial charge is 0.494 e.